The molecule has 0 aliphatic heterocycles. The molecule has 37 heavy (non-hydrogen) atoms. The first-order chi connectivity index (χ1) is 18.1. The van der Waals surface area contributed by atoms with Crippen molar-refractivity contribution >= 4 is 22.6 Å². The Labute approximate surface area is 222 Å². The molecule has 1 aromatic carbocycles. The zero-order valence-corrected chi connectivity index (χ0v) is 23.4. The minimum Gasteiger partial charge on any atom is -0.381 e. The molecule has 1 unspecified atom stereocenters. The molecule has 202 valence electrons. The Bertz CT molecular complexity index is 1090. The highest BCUT2D eigenvalue weighted by Crippen LogP contribution is 2.30. The fraction of sp³-hybridized carbons (Fsp3) is 0.567. The normalized spacial score (nSPS) is 18.1. The van der Waals surface area contributed by atoms with E-state index in [0.717, 1.165) is 61.9 Å². The number of aryl methyl sites for hydroxylation is 1. The van der Waals surface area contributed by atoms with Gasteiger partial charge in [0.1, 0.15) is 0 Å². The summed E-state index contributed by atoms with van der Waals surface area (Å²) in [7, 11) is 0. The molecule has 1 saturated carbocycles. The molecule has 2 aromatic heterocycles. The maximum Gasteiger partial charge on any atom is 0.255 e. The van der Waals surface area contributed by atoms with Crippen LogP contribution in [-0.4, -0.2) is 45.3 Å². The van der Waals surface area contributed by atoms with Crippen LogP contribution in [0.25, 0.3) is 11.0 Å². The quantitative estimate of drug-likeness (QED) is 0.280. The number of nitrogens with one attached hydrogen (secondary N) is 3. The van der Waals surface area contributed by atoms with Gasteiger partial charge in [0.05, 0.1) is 22.8 Å². The van der Waals surface area contributed by atoms with Crippen LogP contribution in [0.3, 0.4) is 0 Å². The third kappa shape index (κ3) is 7.78. The summed E-state index contributed by atoms with van der Waals surface area (Å²) in [4.78, 5) is 18.0. The summed E-state index contributed by atoms with van der Waals surface area (Å²) in [6.07, 6.45) is 11.3. The van der Waals surface area contributed by atoms with Crippen molar-refractivity contribution in [2.45, 2.75) is 104 Å². The predicted octanol–water partition coefficient (Wildman–Crippen LogP) is 5.95. The van der Waals surface area contributed by atoms with Gasteiger partial charge in [0.15, 0.2) is 5.65 Å². The van der Waals surface area contributed by atoms with Gasteiger partial charge in [-0.1, -0.05) is 57.5 Å². The summed E-state index contributed by atoms with van der Waals surface area (Å²) in [5, 5.41) is 16.1. The van der Waals surface area contributed by atoms with Crippen molar-refractivity contribution in [2.24, 2.45) is 0 Å². The minimum atomic E-state index is -0.0931. The standard InChI is InChI=1S/C28H40N6O.C2H6/c1-4-6-16-29-22-12-14-23(15-13-22)33-26-24-19-31-34(5-2)27(24)30-18-25(26)28(35)32-20(3)17-21-10-8-7-9-11-21;1-2/h7-11,18-20,22-23,29H,4-6,12-17H2,1-3H3,(H,30,33)(H,32,35);1-2H3. The summed E-state index contributed by atoms with van der Waals surface area (Å²) in [6, 6.07) is 11.2. The Morgan fingerprint density at radius 1 is 1.05 bits per heavy atom. The lowest BCUT2D eigenvalue weighted by Crippen LogP contribution is -2.38. The molecule has 1 atom stereocenters. The van der Waals surface area contributed by atoms with Gasteiger partial charge in [-0.25, -0.2) is 9.67 Å². The van der Waals surface area contributed by atoms with Crippen molar-refractivity contribution in [3.8, 4) is 0 Å². The molecule has 1 amide bonds. The van der Waals surface area contributed by atoms with Crippen LogP contribution in [0.1, 0.15) is 89.1 Å². The van der Waals surface area contributed by atoms with E-state index in [0.29, 0.717) is 17.6 Å². The largest absolute Gasteiger partial charge is 0.381 e. The van der Waals surface area contributed by atoms with Gasteiger partial charge >= 0.3 is 0 Å². The first kappa shape index (κ1) is 28.6. The first-order valence-electron chi connectivity index (χ1n) is 14.3. The molecular formula is C30H46N6O. The minimum absolute atomic E-state index is 0.0106. The molecule has 7 heteroatoms. The highest BCUT2D eigenvalue weighted by molar-refractivity contribution is 6.06. The zero-order chi connectivity index (χ0) is 26.6. The lowest BCUT2D eigenvalue weighted by molar-refractivity contribution is 0.0940. The number of pyridine rings is 1. The highest BCUT2D eigenvalue weighted by Gasteiger charge is 2.25. The number of anilines is 1. The average molecular weight is 507 g/mol. The molecule has 4 rings (SSSR count). The molecular weight excluding hydrogens is 460 g/mol. The molecule has 0 saturated heterocycles. The Hall–Kier alpha value is -2.93. The number of benzene rings is 1. The van der Waals surface area contributed by atoms with Crippen LogP contribution >= 0.6 is 0 Å². The van der Waals surface area contributed by atoms with Gasteiger partial charge in [-0.15, -0.1) is 0 Å². The lowest BCUT2D eigenvalue weighted by Gasteiger charge is -2.31. The summed E-state index contributed by atoms with van der Waals surface area (Å²) in [5.74, 6) is -0.0931. The van der Waals surface area contributed by atoms with E-state index < -0.39 is 0 Å². The molecule has 0 spiro atoms. The fourth-order valence-corrected chi connectivity index (χ4v) is 5.04. The number of amides is 1. The Morgan fingerprint density at radius 3 is 2.43 bits per heavy atom. The van der Waals surface area contributed by atoms with E-state index in [9.17, 15) is 4.79 Å². The number of carbonyl (C=O) groups excluding carboxylic acids is 1. The number of fused-ring (bicyclic) bond motifs is 1. The van der Waals surface area contributed by atoms with E-state index in [1.165, 1.54) is 18.4 Å². The van der Waals surface area contributed by atoms with Gasteiger partial charge in [0.25, 0.3) is 5.91 Å². The molecule has 7 nitrogen and oxygen atoms in total. The number of aromatic nitrogens is 3. The summed E-state index contributed by atoms with van der Waals surface area (Å²) < 4.78 is 1.88. The Morgan fingerprint density at radius 2 is 1.76 bits per heavy atom. The smallest absolute Gasteiger partial charge is 0.255 e. The third-order valence-corrected chi connectivity index (χ3v) is 7.01. The van der Waals surface area contributed by atoms with Crippen LogP contribution in [0, 0.1) is 0 Å². The van der Waals surface area contributed by atoms with Gasteiger partial charge in [0, 0.05) is 30.9 Å². The van der Waals surface area contributed by atoms with Gasteiger partial charge in [-0.3, -0.25) is 4.79 Å². The summed E-state index contributed by atoms with van der Waals surface area (Å²) in [5.41, 5.74) is 3.48. The van der Waals surface area contributed by atoms with E-state index in [-0.39, 0.29) is 11.9 Å². The van der Waals surface area contributed by atoms with Gasteiger partial charge in [-0.2, -0.15) is 5.10 Å². The number of hydrogen-bond acceptors (Lipinski definition) is 5. The van der Waals surface area contributed by atoms with Crippen molar-refractivity contribution in [1.82, 2.24) is 25.4 Å². The average Bonchev–Trinajstić information content (AvgIpc) is 3.35. The first-order valence-corrected chi connectivity index (χ1v) is 14.3. The van der Waals surface area contributed by atoms with Crippen LogP contribution in [0.4, 0.5) is 5.69 Å². The maximum absolute atomic E-state index is 13.4. The second kappa shape index (κ2) is 14.7. The third-order valence-electron chi connectivity index (χ3n) is 7.01. The van der Waals surface area contributed by atoms with Gasteiger partial charge in [0.2, 0.25) is 0 Å². The Kier molecular flexibility index (Phi) is 11.4. The van der Waals surface area contributed by atoms with E-state index in [1.807, 2.05) is 49.8 Å². The molecule has 3 aromatic rings. The number of carbonyl (C=O) groups is 1. The molecule has 1 aliphatic rings. The van der Waals surface area contributed by atoms with Crippen LogP contribution in [0.5, 0.6) is 0 Å². The highest BCUT2D eigenvalue weighted by atomic mass is 16.1. The van der Waals surface area contributed by atoms with Crippen LogP contribution in [-0.2, 0) is 13.0 Å². The fourth-order valence-electron chi connectivity index (χ4n) is 5.04. The lowest BCUT2D eigenvalue weighted by atomic mass is 9.90. The summed E-state index contributed by atoms with van der Waals surface area (Å²) in [6.45, 7) is 12.2. The molecule has 3 N–H and O–H groups in total. The maximum atomic E-state index is 13.4. The van der Waals surface area contributed by atoms with Crippen molar-refractivity contribution in [3.05, 3.63) is 53.9 Å². The van der Waals surface area contributed by atoms with Gasteiger partial charge in [-0.05, 0) is 64.5 Å². The topological polar surface area (TPSA) is 83.9 Å². The number of hydrogen-bond donors (Lipinski definition) is 3. The monoisotopic (exact) mass is 506 g/mol. The zero-order valence-electron chi connectivity index (χ0n) is 23.4. The van der Waals surface area contributed by atoms with E-state index in [2.05, 4.69) is 52.0 Å². The van der Waals surface area contributed by atoms with Crippen molar-refractivity contribution in [2.75, 3.05) is 11.9 Å². The molecule has 2 heterocycles. The SMILES string of the molecule is CC.CCCCNC1CCC(Nc2c(C(=O)NC(C)Cc3ccccc3)cnc3c2cnn3CC)CC1. The van der Waals surface area contributed by atoms with Crippen LogP contribution in [0.2, 0.25) is 0 Å². The van der Waals surface area contributed by atoms with E-state index in [4.69, 9.17) is 0 Å². The van der Waals surface area contributed by atoms with Gasteiger partial charge < -0.3 is 16.0 Å². The second-order valence-electron chi connectivity index (χ2n) is 9.81. The summed E-state index contributed by atoms with van der Waals surface area (Å²) >= 11 is 0. The molecule has 1 fully saturated rings. The van der Waals surface area contributed by atoms with Crippen LogP contribution in [0.15, 0.2) is 42.7 Å². The van der Waals surface area contributed by atoms with E-state index in [1.54, 1.807) is 6.20 Å². The number of nitrogens with zero attached hydrogens (tertiary/aromatic N) is 3. The predicted molar refractivity (Wildman–Crippen MR) is 154 cm³/mol. The number of rotatable bonds is 11. The van der Waals surface area contributed by atoms with Crippen LogP contribution < -0.4 is 16.0 Å². The molecule has 0 bridgehead atoms. The molecule has 0 radical (unpaired) electrons. The Balaban J connectivity index is 0.00000186. The molecule has 1 aliphatic carbocycles. The van der Waals surface area contributed by atoms with E-state index >= 15 is 0 Å². The van der Waals surface area contributed by atoms with Crippen molar-refractivity contribution in [1.29, 1.82) is 0 Å². The number of unbranched alkanes of at least 4 members (excludes halogenated alkanes) is 1. The van der Waals surface area contributed by atoms with Crippen molar-refractivity contribution in [3.63, 3.8) is 0 Å². The van der Waals surface area contributed by atoms with Crippen molar-refractivity contribution < 1.29 is 4.79 Å². The second-order valence-corrected chi connectivity index (χ2v) is 9.81.